The van der Waals surface area contributed by atoms with Gasteiger partial charge in [-0.3, -0.25) is 4.79 Å². The third-order valence-corrected chi connectivity index (χ3v) is 3.05. The molecule has 0 aliphatic rings. The molecule has 1 unspecified atom stereocenters. The lowest BCUT2D eigenvalue weighted by Gasteiger charge is -2.08. The van der Waals surface area contributed by atoms with Crippen molar-refractivity contribution < 1.29 is 15.0 Å². The Balaban J connectivity index is 2.06. The average molecular weight is 244 g/mol. The fourth-order valence-electron chi connectivity index (χ4n) is 1.96. The molecule has 0 aliphatic carbocycles. The third kappa shape index (κ3) is 2.94. The zero-order valence-corrected chi connectivity index (χ0v) is 10.0. The maximum Gasteiger partial charge on any atom is 0.186 e. The lowest BCUT2D eigenvalue weighted by atomic mass is 10.0. The zero-order chi connectivity index (χ0) is 13.0. The summed E-state index contributed by atoms with van der Waals surface area (Å²) >= 11 is 0. The molecule has 0 saturated carbocycles. The summed E-state index contributed by atoms with van der Waals surface area (Å²) in [6.07, 6.45) is -0.100. The number of hydrogen-bond donors (Lipinski definition) is 2. The molecular weight excluding hydrogens is 228 g/mol. The van der Waals surface area contributed by atoms with E-state index in [4.69, 9.17) is 5.11 Å². The van der Waals surface area contributed by atoms with Crippen molar-refractivity contribution in [2.24, 2.45) is 0 Å². The number of carbonyl (C=O) groups is 1. The van der Waals surface area contributed by atoms with Gasteiger partial charge < -0.3 is 10.2 Å². The molecule has 2 aromatic rings. The summed E-state index contributed by atoms with van der Waals surface area (Å²) in [5, 5.41) is 20.4. The van der Waals surface area contributed by atoms with Crippen LogP contribution in [0.4, 0.5) is 0 Å². The van der Waals surface area contributed by atoms with E-state index in [1.807, 2.05) is 36.4 Å². The maximum absolute atomic E-state index is 11.0. The summed E-state index contributed by atoms with van der Waals surface area (Å²) < 4.78 is 0. The Kier molecular flexibility index (Phi) is 4.07. The van der Waals surface area contributed by atoms with Crippen LogP contribution in [0.25, 0.3) is 10.8 Å². The minimum Gasteiger partial charge on any atom is -0.388 e. The van der Waals surface area contributed by atoms with Gasteiger partial charge in [-0.2, -0.15) is 0 Å². The van der Waals surface area contributed by atoms with Gasteiger partial charge in [-0.1, -0.05) is 42.5 Å². The van der Waals surface area contributed by atoms with E-state index in [-0.39, 0.29) is 0 Å². The van der Waals surface area contributed by atoms with E-state index in [9.17, 15) is 9.90 Å². The molecular formula is C15H16O3. The highest BCUT2D eigenvalue weighted by Gasteiger charge is 2.13. The molecule has 0 saturated heterocycles. The Morgan fingerprint density at radius 3 is 2.56 bits per heavy atom. The minimum atomic E-state index is -1.07. The van der Waals surface area contributed by atoms with Gasteiger partial charge in [-0.05, 0) is 29.2 Å². The first kappa shape index (κ1) is 12.7. The molecule has 3 heteroatoms. The second-order valence-electron chi connectivity index (χ2n) is 4.36. The molecule has 2 rings (SSSR count). The van der Waals surface area contributed by atoms with Gasteiger partial charge in [0.15, 0.2) is 5.78 Å². The normalized spacial score (nSPS) is 12.6. The topological polar surface area (TPSA) is 57.5 Å². The molecule has 0 heterocycles. The lowest BCUT2D eigenvalue weighted by molar-refractivity contribution is -0.130. The van der Waals surface area contributed by atoms with Gasteiger partial charge in [0.1, 0.15) is 12.7 Å². The minimum absolute atomic E-state index is 0.345. The van der Waals surface area contributed by atoms with Crippen molar-refractivity contribution in [3.05, 3.63) is 48.0 Å². The molecule has 18 heavy (non-hydrogen) atoms. The first-order chi connectivity index (χ1) is 8.70. The molecule has 1 atom stereocenters. The Labute approximate surface area is 106 Å². The van der Waals surface area contributed by atoms with Crippen LogP contribution in [0.3, 0.4) is 0 Å². The fraction of sp³-hybridized carbons (Fsp3) is 0.267. The van der Waals surface area contributed by atoms with Gasteiger partial charge in [-0.15, -0.1) is 0 Å². The van der Waals surface area contributed by atoms with Crippen LogP contribution in [0.2, 0.25) is 0 Å². The van der Waals surface area contributed by atoms with Gasteiger partial charge in [0.05, 0.1) is 0 Å². The predicted molar refractivity (Wildman–Crippen MR) is 70.4 cm³/mol. The number of rotatable bonds is 5. The number of benzene rings is 2. The van der Waals surface area contributed by atoms with E-state index in [0.29, 0.717) is 12.8 Å². The molecule has 2 N–H and O–H groups in total. The van der Waals surface area contributed by atoms with Gasteiger partial charge in [-0.25, -0.2) is 0 Å². The van der Waals surface area contributed by atoms with E-state index in [2.05, 4.69) is 6.07 Å². The number of carbonyl (C=O) groups excluding carboxylic acids is 1. The van der Waals surface area contributed by atoms with Crippen LogP contribution < -0.4 is 0 Å². The monoisotopic (exact) mass is 244 g/mol. The smallest absolute Gasteiger partial charge is 0.186 e. The third-order valence-electron chi connectivity index (χ3n) is 3.05. The predicted octanol–water partition coefficient (Wildman–Crippen LogP) is 1.69. The van der Waals surface area contributed by atoms with Crippen LogP contribution in [0, 0.1) is 0 Å². The van der Waals surface area contributed by atoms with Crippen molar-refractivity contribution in [2.75, 3.05) is 6.61 Å². The number of fused-ring (bicyclic) bond motifs is 1. The summed E-state index contributed by atoms with van der Waals surface area (Å²) in [5.41, 5.74) is 1.08. The first-order valence-corrected chi connectivity index (χ1v) is 6.00. The highest BCUT2D eigenvalue weighted by Crippen LogP contribution is 2.17. The van der Waals surface area contributed by atoms with Crippen molar-refractivity contribution in [3.8, 4) is 0 Å². The number of aryl methyl sites for hydroxylation is 1. The molecule has 0 aromatic heterocycles. The van der Waals surface area contributed by atoms with Crippen molar-refractivity contribution in [1.82, 2.24) is 0 Å². The second kappa shape index (κ2) is 5.76. The molecule has 0 fully saturated rings. The average Bonchev–Trinajstić information content (AvgIpc) is 2.43. The molecule has 0 aliphatic heterocycles. The van der Waals surface area contributed by atoms with Crippen molar-refractivity contribution in [1.29, 1.82) is 0 Å². The van der Waals surface area contributed by atoms with Gasteiger partial charge in [0.2, 0.25) is 0 Å². The lowest BCUT2D eigenvalue weighted by Crippen LogP contribution is -2.23. The summed E-state index contributed by atoms with van der Waals surface area (Å²) in [5.74, 6) is -0.518. The SMILES string of the molecule is O=C(CO)C(O)CCc1ccc2ccccc2c1. The van der Waals surface area contributed by atoms with E-state index in [1.54, 1.807) is 0 Å². The van der Waals surface area contributed by atoms with E-state index in [0.717, 1.165) is 10.9 Å². The fourth-order valence-corrected chi connectivity index (χ4v) is 1.96. The van der Waals surface area contributed by atoms with Crippen molar-refractivity contribution in [3.63, 3.8) is 0 Å². The van der Waals surface area contributed by atoms with Crippen molar-refractivity contribution >= 4 is 16.6 Å². The van der Waals surface area contributed by atoms with Gasteiger partial charge in [0.25, 0.3) is 0 Å². The Bertz CT molecular complexity index is 548. The Hall–Kier alpha value is -1.71. The highest BCUT2D eigenvalue weighted by molar-refractivity contribution is 5.84. The van der Waals surface area contributed by atoms with E-state index >= 15 is 0 Å². The number of ketones is 1. The van der Waals surface area contributed by atoms with E-state index < -0.39 is 18.5 Å². The van der Waals surface area contributed by atoms with Crippen LogP contribution in [-0.2, 0) is 11.2 Å². The Morgan fingerprint density at radius 1 is 1.11 bits per heavy atom. The highest BCUT2D eigenvalue weighted by atomic mass is 16.3. The van der Waals surface area contributed by atoms with Crippen LogP contribution in [-0.4, -0.2) is 28.7 Å². The number of Topliss-reactive ketones (excluding diaryl/α,β-unsaturated/α-hetero) is 1. The van der Waals surface area contributed by atoms with Gasteiger partial charge >= 0.3 is 0 Å². The number of aliphatic hydroxyl groups excluding tert-OH is 2. The molecule has 0 amide bonds. The molecule has 0 spiro atoms. The number of hydrogen-bond acceptors (Lipinski definition) is 3. The summed E-state index contributed by atoms with van der Waals surface area (Å²) in [6.45, 7) is -0.598. The molecule has 2 aromatic carbocycles. The quantitative estimate of drug-likeness (QED) is 0.841. The molecule has 94 valence electrons. The first-order valence-electron chi connectivity index (χ1n) is 6.00. The maximum atomic E-state index is 11.0. The molecule has 0 bridgehead atoms. The standard InChI is InChI=1S/C15H16O3/c16-10-15(18)14(17)8-6-11-5-7-12-3-1-2-4-13(12)9-11/h1-5,7,9,14,16-17H,6,8,10H2. The number of aliphatic hydroxyl groups is 2. The van der Waals surface area contributed by atoms with Gasteiger partial charge in [0, 0.05) is 0 Å². The summed E-state index contributed by atoms with van der Waals surface area (Å²) in [7, 11) is 0. The second-order valence-corrected chi connectivity index (χ2v) is 4.36. The van der Waals surface area contributed by atoms with Crippen LogP contribution in [0.5, 0.6) is 0 Å². The van der Waals surface area contributed by atoms with Crippen LogP contribution in [0.1, 0.15) is 12.0 Å². The van der Waals surface area contributed by atoms with Crippen molar-refractivity contribution in [2.45, 2.75) is 18.9 Å². The Morgan fingerprint density at radius 2 is 1.83 bits per heavy atom. The van der Waals surface area contributed by atoms with Crippen LogP contribution >= 0.6 is 0 Å². The van der Waals surface area contributed by atoms with E-state index in [1.165, 1.54) is 5.39 Å². The summed E-state index contributed by atoms with van der Waals surface area (Å²) in [4.78, 5) is 11.0. The molecule has 0 radical (unpaired) electrons. The summed E-state index contributed by atoms with van der Waals surface area (Å²) in [6, 6.07) is 14.1. The zero-order valence-electron chi connectivity index (χ0n) is 10.0. The van der Waals surface area contributed by atoms with Crippen LogP contribution in [0.15, 0.2) is 42.5 Å². The largest absolute Gasteiger partial charge is 0.388 e. The molecule has 3 nitrogen and oxygen atoms in total.